The fourth-order valence-electron chi connectivity index (χ4n) is 1.45. The predicted octanol–water partition coefficient (Wildman–Crippen LogP) is 3.44. The third kappa shape index (κ3) is 3.12. The van der Waals surface area contributed by atoms with Crippen molar-refractivity contribution in [2.24, 2.45) is 5.73 Å². The van der Waals surface area contributed by atoms with Crippen LogP contribution in [0.15, 0.2) is 59.5 Å². The number of hydrogen-bond acceptors (Lipinski definition) is 2. The van der Waals surface area contributed by atoms with E-state index in [1.165, 1.54) is 16.0 Å². The summed E-state index contributed by atoms with van der Waals surface area (Å²) in [5, 5.41) is 0. The van der Waals surface area contributed by atoms with Gasteiger partial charge in [-0.1, -0.05) is 42.5 Å². The zero-order chi connectivity index (χ0) is 11.2. The summed E-state index contributed by atoms with van der Waals surface area (Å²) in [6, 6.07) is 19.0. The van der Waals surface area contributed by atoms with Gasteiger partial charge in [-0.2, -0.15) is 0 Å². The van der Waals surface area contributed by atoms with Gasteiger partial charge in [0, 0.05) is 17.2 Å². The van der Waals surface area contributed by atoms with Crippen molar-refractivity contribution >= 4 is 11.8 Å². The maximum absolute atomic E-state index is 5.56. The SMILES string of the molecule is NCc1ccc(CSc2ccccc2)cc1. The lowest BCUT2D eigenvalue weighted by Crippen LogP contribution is -1.95. The van der Waals surface area contributed by atoms with Crippen LogP contribution >= 0.6 is 11.8 Å². The molecule has 0 atom stereocenters. The Kier molecular flexibility index (Phi) is 4.03. The molecular formula is C14H15NS. The summed E-state index contributed by atoms with van der Waals surface area (Å²) in [6.45, 7) is 0.617. The molecule has 0 aromatic heterocycles. The number of benzene rings is 2. The monoisotopic (exact) mass is 229 g/mol. The quantitative estimate of drug-likeness (QED) is 0.813. The van der Waals surface area contributed by atoms with Crippen molar-refractivity contribution in [1.29, 1.82) is 0 Å². The normalized spacial score (nSPS) is 10.3. The zero-order valence-electron chi connectivity index (χ0n) is 9.10. The van der Waals surface area contributed by atoms with E-state index in [0.717, 1.165) is 5.75 Å². The predicted molar refractivity (Wildman–Crippen MR) is 70.3 cm³/mol. The molecular weight excluding hydrogens is 214 g/mol. The molecule has 1 nitrogen and oxygen atoms in total. The average Bonchev–Trinajstić information content (AvgIpc) is 2.38. The molecule has 82 valence electrons. The fraction of sp³-hybridized carbons (Fsp3) is 0.143. The van der Waals surface area contributed by atoms with Crippen LogP contribution in [0, 0.1) is 0 Å². The molecule has 0 aliphatic rings. The third-order valence-corrected chi connectivity index (χ3v) is 3.49. The highest BCUT2D eigenvalue weighted by Crippen LogP contribution is 2.22. The summed E-state index contributed by atoms with van der Waals surface area (Å²) in [6.07, 6.45) is 0. The maximum Gasteiger partial charge on any atom is 0.0231 e. The topological polar surface area (TPSA) is 26.0 Å². The van der Waals surface area contributed by atoms with Crippen LogP contribution < -0.4 is 5.73 Å². The number of nitrogens with two attached hydrogens (primary N) is 1. The van der Waals surface area contributed by atoms with Crippen LogP contribution in [0.25, 0.3) is 0 Å². The Morgan fingerprint density at radius 3 is 2.06 bits per heavy atom. The third-order valence-electron chi connectivity index (χ3n) is 2.41. The summed E-state index contributed by atoms with van der Waals surface area (Å²) in [5.74, 6) is 1.01. The Labute approximate surface area is 101 Å². The van der Waals surface area contributed by atoms with Crippen molar-refractivity contribution in [2.45, 2.75) is 17.2 Å². The van der Waals surface area contributed by atoms with Crippen LogP contribution in [0.3, 0.4) is 0 Å². The molecule has 0 amide bonds. The lowest BCUT2D eigenvalue weighted by Gasteiger charge is -2.03. The van der Waals surface area contributed by atoms with Crippen LogP contribution in [-0.2, 0) is 12.3 Å². The summed E-state index contributed by atoms with van der Waals surface area (Å²) in [5.41, 5.74) is 8.09. The first-order chi connectivity index (χ1) is 7.88. The summed E-state index contributed by atoms with van der Waals surface area (Å²) < 4.78 is 0. The molecule has 0 spiro atoms. The van der Waals surface area contributed by atoms with E-state index in [9.17, 15) is 0 Å². The molecule has 0 fully saturated rings. The first kappa shape index (κ1) is 11.2. The smallest absolute Gasteiger partial charge is 0.0231 e. The standard InChI is InChI=1S/C14H15NS/c15-10-12-6-8-13(9-7-12)11-16-14-4-2-1-3-5-14/h1-9H,10-11,15H2. The van der Waals surface area contributed by atoms with Gasteiger partial charge in [-0.15, -0.1) is 11.8 Å². The minimum atomic E-state index is 0.617. The van der Waals surface area contributed by atoms with E-state index >= 15 is 0 Å². The number of rotatable bonds is 4. The van der Waals surface area contributed by atoms with Crippen molar-refractivity contribution in [3.8, 4) is 0 Å². The van der Waals surface area contributed by atoms with Gasteiger partial charge in [-0.3, -0.25) is 0 Å². The molecule has 0 saturated heterocycles. The van der Waals surface area contributed by atoms with Crippen LogP contribution in [0.1, 0.15) is 11.1 Å². The highest BCUT2D eigenvalue weighted by molar-refractivity contribution is 7.98. The van der Waals surface area contributed by atoms with Gasteiger partial charge in [0.15, 0.2) is 0 Å². The van der Waals surface area contributed by atoms with Crippen molar-refractivity contribution in [3.05, 3.63) is 65.7 Å². The van der Waals surface area contributed by atoms with E-state index in [4.69, 9.17) is 5.73 Å². The van der Waals surface area contributed by atoms with Crippen molar-refractivity contribution in [3.63, 3.8) is 0 Å². The van der Waals surface area contributed by atoms with Gasteiger partial charge in [0.05, 0.1) is 0 Å². The maximum atomic E-state index is 5.56. The molecule has 16 heavy (non-hydrogen) atoms. The van der Waals surface area contributed by atoms with E-state index in [0.29, 0.717) is 6.54 Å². The second-order valence-corrected chi connectivity index (χ2v) is 4.67. The summed E-state index contributed by atoms with van der Waals surface area (Å²) in [7, 11) is 0. The second-order valence-electron chi connectivity index (χ2n) is 3.62. The number of hydrogen-bond donors (Lipinski definition) is 1. The van der Waals surface area contributed by atoms with E-state index in [-0.39, 0.29) is 0 Å². The molecule has 0 bridgehead atoms. The molecule has 2 aromatic carbocycles. The number of thioether (sulfide) groups is 1. The van der Waals surface area contributed by atoms with Crippen molar-refractivity contribution < 1.29 is 0 Å². The molecule has 0 aliphatic heterocycles. The largest absolute Gasteiger partial charge is 0.326 e. The van der Waals surface area contributed by atoms with Gasteiger partial charge in [0.25, 0.3) is 0 Å². The second kappa shape index (κ2) is 5.73. The molecule has 0 aliphatic carbocycles. The minimum Gasteiger partial charge on any atom is -0.326 e. The minimum absolute atomic E-state index is 0.617. The van der Waals surface area contributed by atoms with Gasteiger partial charge in [0.2, 0.25) is 0 Å². The van der Waals surface area contributed by atoms with E-state index in [1.54, 1.807) is 0 Å². The molecule has 2 heteroatoms. The lowest BCUT2D eigenvalue weighted by molar-refractivity contribution is 1.07. The van der Waals surface area contributed by atoms with Crippen molar-refractivity contribution in [1.82, 2.24) is 0 Å². The Morgan fingerprint density at radius 1 is 0.812 bits per heavy atom. The molecule has 2 N–H and O–H groups in total. The van der Waals surface area contributed by atoms with Gasteiger partial charge < -0.3 is 5.73 Å². The summed E-state index contributed by atoms with van der Waals surface area (Å²) in [4.78, 5) is 1.31. The van der Waals surface area contributed by atoms with Crippen molar-refractivity contribution in [2.75, 3.05) is 0 Å². The summed E-state index contributed by atoms with van der Waals surface area (Å²) >= 11 is 1.86. The van der Waals surface area contributed by atoms with Gasteiger partial charge in [-0.05, 0) is 23.3 Å². The van der Waals surface area contributed by atoms with E-state index in [2.05, 4.69) is 48.5 Å². The molecule has 0 radical (unpaired) electrons. The molecule has 2 aromatic rings. The Hall–Kier alpha value is -1.25. The van der Waals surface area contributed by atoms with Crippen LogP contribution in [-0.4, -0.2) is 0 Å². The zero-order valence-corrected chi connectivity index (χ0v) is 9.91. The van der Waals surface area contributed by atoms with Crippen LogP contribution in [0.5, 0.6) is 0 Å². The van der Waals surface area contributed by atoms with Gasteiger partial charge in [0.1, 0.15) is 0 Å². The highest BCUT2D eigenvalue weighted by atomic mass is 32.2. The van der Waals surface area contributed by atoms with E-state index < -0.39 is 0 Å². The lowest BCUT2D eigenvalue weighted by atomic mass is 10.1. The Balaban J connectivity index is 1.94. The van der Waals surface area contributed by atoms with Gasteiger partial charge >= 0.3 is 0 Å². The van der Waals surface area contributed by atoms with Crippen LogP contribution in [0.2, 0.25) is 0 Å². The molecule has 2 rings (SSSR count). The Morgan fingerprint density at radius 2 is 1.44 bits per heavy atom. The first-order valence-corrected chi connectivity index (χ1v) is 6.33. The first-order valence-electron chi connectivity index (χ1n) is 5.34. The van der Waals surface area contributed by atoms with E-state index in [1.807, 2.05) is 17.8 Å². The highest BCUT2D eigenvalue weighted by Gasteiger charge is 1.96. The fourth-order valence-corrected chi connectivity index (χ4v) is 2.33. The van der Waals surface area contributed by atoms with Crippen LogP contribution in [0.4, 0.5) is 0 Å². The Bertz CT molecular complexity index is 422. The molecule has 0 unspecified atom stereocenters. The van der Waals surface area contributed by atoms with Gasteiger partial charge in [-0.25, -0.2) is 0 Å². The molecule has 0 heterocycles. The molecule has 0 saturated carbocycles. The average molecular weight is 229 g/mol.